The Bertz CT molecular complexity index is 1110. The van der Waals surface area contributed by atoms with Crippen LogP contribution in [0.15, 0.2) is 29.2 Å². The second-order valence-corrected chi connectivity index (χ2v) is 10.5. The zero-order valence-corrected chi connectivity index (χ0v) is 20.7. The van der Waals surface area contributed by atoms with Gasteiger partial charge < -0.3 is 10.6 Å². The van der Waals surface area contributed by atoms with Crippen molar-refractivity contribution < 1.29 is 18.0 Å². The van der Waals surface area contributed by atoms with E-state index in [2.05, 4.69) is 22.7 Å². The number of anilines is 1. The minimum Gasteiger partial charge on any atom is -0.349 e. The van der Waals surface area contributed by atoms with E-state index in [-0.39, 0.29) is 22.8 Å². The van der Waals surface area contributed by atoms with Crippen LogP contribution in [0, 0.1) is 6.92 Å². The summed E-state index contributed by atoms with van der Waals surface area (Å²) in [6.45, 7) is 6.47. The van der Waals surface area contributed by atoms with Gasteiger partial charge >= 0.3 is 0 Å². The van der Waals surface area contributed by atoms with Gasteiger partial charge in [-0.25, -0.2) is 8.42 Å². The lowest BCUT2D eigenvalue weighted by Gasteiger charge is -2.31. The molecule has 2 heterocycles. The molecular weight excluding hydrogens is 466 g/mol. The molecule has 0 aliphatic carbocycles. The predicted molar refractivity (Wildman–Crippen MR) is 127 cm³/mol. The van der Waals surface area contributed by atoms with Crippen LogP contribution in [-0.4, -0.2) is 53.4 Å². The Morgan fingerprint density at radius 2 is 1.82 bits per heavy atom. The topological polar surface area (TPSA) is 113 Å². The average molecular weight is 496 g/mol. The van der Waals surface area contributed by atoms with Gasteiger partial charge in [0.25, 0.3) is 5.91 Å². The largest absolute Gasteiger partial charge is 0.349 e. The molecule has 33 heavy (non-hydrogen) atoms. The monoisotopic (exact) mass is 495 g/mol. The van der Waals surface area contributed by atoms with Crippen molar-refractivity contribution in [2.75, 3.05) is 18.4 Å². The smallest absolute Gasteiger partial charge is 0.256 e. The molecule has 11 heteroatoms. The van der Waals surface area contributed by atoms with Gasteiger partial charge in [-0.05, 0) is 50.5 Å². The summed E-state index contributed by atoms with van der Waals surface area (Å²) in [7, 11) is -3.66. The molecule has 1 fully saturated rings. The quantitative estimate of drug-likeness (QED) is 0.583. The number of aromatic nitrogens is 2. The zero-order chi connectivity index (χ0) is 24.2. The fourth-order valence-corrected chi connectivity index (χ4v) is 5.64. The van der Waals surface area contributed by atoms with E-state index in [1.807, 2.05) is 0 Å². The molecule has 0 unspecified atom stereocenters. The second-order valence-electron chi connectivity index (χ2n) is 8.19. The van der Waals surface area contributed by atoms with Crippen molar-refractivity contribution in [1.29, 1.82) is 0 Å². The first-order valence-corrected chi connectivity index (χ1v) is 12.9. The van der Waals surface area contributed by atoms with E-state index in [1.165, 1.54) is 23.4 Å². The first kappa shape index (κ1) is 25.2. The third-order valence-electron chi connectivity index (χ3n) is 5.62. The zero-order valence-electron chi connectivity index (χ0n) is 19.1. The average Bonchev–Trinajstić information content (AvgIpc) is 3.05. The highest BCUT2D eigenvalue weighted by Crippen LogP contribution is 2.24. The summed E-state index contributed by atoms with van der Waals surface area (Å²) >= 11 is 6.40. The van der Waals surface area contributed by atoms with Crippen molar-refractivity contribution >= 4 is 39.1 Å². The summed E-state index contributed by atoms with van der Waals surface area (Å²) in [6.07, 6.45) is 2.91. The molecule has 2 amide bonds. The van der Waals surface area contributed by atoms with Gasteiger partial charge in [-0.3, -0.25) is 14.3 Å². The Hall–Kier alpha value is -2.43. The first-order chi connectivity index (χ1) is 15.6. The number of sulfonamides is 1. The van der Waals surface area contributed by atoms with Crippen LogP contribution >= 0.6 is 11.6 Å². The number of halogens is 1. The molecule has 0 bridgehead atoms. The summed E-state index contributed by atoms with van der Waals surface area (Å²) in [6, 6.07) is 5.94. The number of amides is 2. The van der Waals surface area contributed by atoms with Crippen LogP contribution in [0.4, 0.5) is 5.69 Å². The van der Waals surface area contributed by atoms with E-state index >= 15 is 0 Å². The van der Waals surface area contributed by atoms with Crippen molar-refractivity contribution in [3.63, 3.8) is 0 Å². The number of aryl methyl sites for hydroxylation is 2. The molecule has 1 saturated heterocycles. The van der Waals surface area contributed by atoms with Gasteiger partial charge in [0.2, 0.25) is 15.9 Å². The first-order valence-electron chi connectivity index (χ1n) is 11.0. The summed E-state index contributed by atoms with van der Waals surface area (Å²) in [4.78, 5) is 24.1. The van der Waals surface area contributed by atoms with E-state index in [9.17, 15) is 18.0 Å². The van der Waals surface area contributed by atoms with E-state index < -0.39 is 10.0 Å². The normalized spacial score (nSPS) is 15.4. The Morgan fingerprint density at radius 1 is 1.18 bits per heavy atom. The summed E-state index contributed by atoms with van der Waals surface area (Å²) in [5, 5.41) is 10.3. The maximum Gasteiger partial charge on any atom is 0.256 e. The number of hydrogen-bond donors (Lipinski definition) is 2. The number of benzene rings is 1. The van der Waals surface area contributed by atoms with Crippen LogP contribution in [0.1, 0.15) is 55.6 Å². The Balaban J connectivity index is 1.60. The minimum absolute atomic E-state index is 0.152. The molecule has 2 aromatic rings. The van der Waals surface area contributed by atoms with Gasteiger partial charge in [-0.1, -0.05) is 24.9 Å². The SMILES string of the molecule is CCCCn1nc(C)c(C(=O)NC2CCN(S(=O)(=O)c3ccc(NC(C)=O)cc3)CC2)c1Cl. The summed E-state index contributed by atoms with van der Waals surface area (Å²) in [5.74, 6) is -0.505. The van der Waals surface area contributed by atoms with Crippen molar-refractivity contribution in [3.05, 3.63) is 40.7 Å². The Morgan fingerprint density at radius 3 is 2.39 bits per heavy atom. The van der Waals surface area contributed by atoms with E-state index in [4.69, 9.17) is 11.6 Å². The van der Waals surface area contributed by atoms with Gasteiger partial charge in [-0.2, -0.15) is 9.40 Å². The number of carbonyl (C=O) groups excluding carboxylic acids is 2. The van der Waals surface area contributed by atoms with Gasteiger partial charge in [0, 0.05) is 38.3 Å². The fraction of sp³-hybridized carbons (Fsp3) is 0.500. The minimum atomic E-state index is -3.66. The maximum absolute atomic E-state index is 13.0. The molecule has 180 valence electrons. The van der Waals surface area contributed by atoms with Crippen LogP contribution in [0.25, 0.3) is 0 Å². The number of carbonyl (C=O) groups is 2. The molecule has 1 aliphatic heterocycles. The molecular formula is C22H30ClN5O4S. The highest BCUT2D eigenvalue weighted by Gasteiger charge is 2.31. The molecule has 0 atom stereocenters. The van der Waals surface area contributed by atoms with Gasteiger partial charge in [0.15, 0.2) is 0 Å². The summed E-state index contributed by atoms with van der Waals surface area (Å²) in [5.41, 5.74) is 1.49. The third kappa shape index (κ3) is 5.93. The molecule has 3 rings (SSSR count). The van der Waals surface area contributed by atoms with Crippen molar-refractivity contribution in [2.45, 2.75) is 63.9 Å². The van der Waals surface area contributed by atoms with Crippen LogP contribution in [0.3, 0.4) is 0 Å². The lowest BCUT2D eigenvalue weighted by molar-refractivity contribution is -0.114. The van der Waals surface area contributed by atoms with Crippen LogP contribution < -0.4 is 10.6 Å². The van der Waals surface area contributed by atoms with Gasteiger partial charge in [-0.15, -0.1) is 0 Å². The van der Waals surface area contributed by atoms with Crippen LogP contribution in [0.5, 0.6) is 0 Å². The molecule has 0 radical (unpaired) electrons. The van der Waals surface area contributed by atoms with Crippen molar-refractivity contribution in [1.82, 2.24) is 19.4 Å². The van der Waals surface area contributed by atoms with Gasteiger partial charge in [0.05, 0.1) is 16.2 Å². The molecule has 0 saturated carbocycles. The number of nitrogens with one attached hydrogen (secondary N) is 2. The molecule has 0 spiro atoms. The lowest BCUT2D eigenvalue weighted by Crippen LogP contribution is -2.46. The van der Waals surface area contributed by atoms with E-state index in [0.29, 0.717) is 54.6 Å². The van der Waals surface area contributed by atoms with Gasteiger partial charge in [0.1, 0.15) is 5.15 Å². The Labute approximate surface area is 199 Å². The number of piperidine rings is 1. The number of hydrogen-bond acceptors (Lipinski definition) is 5. The second kappa shape index (κ2) is 10.7. The molecule has 9 nitrogen and oxygen atoms in total. The molecule has 2 N–H and O–H groups in total. The van der Waals surface area contributed by atoms with E-state index in [1.54, 1.807) is 23.7 Å². The Kier molecular flexibility index (Phi) is 8.14. The van der Waals surface area contributed by atoms with Crippen molar-refractivity contribution in [3.8, 4) is 0 Å². The third-order valence-corrected chi connectivity index (χ3v) is 7.91. The highest BCUT2D eigenvalue weighted by molar-refractivity contribution is 7.89. The number of nitrogens with zero attached hydrogens (tertiary/aromatic N) is 3. The predicted octanol–water partition coefficient (Wildman–Crippen LogP) is 3.19. The lowest BCUT2D eigenvalue weighted by atomic mass is 10.1. The maximum atomic E-state index is 13.0. The number of unbranched alkanes of at least 4 members (excludes halogenated alkanes) is 1. The fourth-order valence-electron chi connectivity index (χ4n) is 3.83. The molecule has 1 aliphatic rings. The van der Waals surface area contributed by atoms with Crippen LogP contribution in [0.2, 0.25) is 5.15 Å². The number of rotatable bonds is 8. The summed E-state index contributed by atoms with van der Waals surface area (Å²) < 4.78 is 29.0. The molecule has 1 aromatic heterocycles. The standard InChI is InChI=1S/C22H30ClN5O4S/c1-4-5-12-28-21(23)20(15(2)26-28)22(30)25-18-10-13-27(14-11-18)33(31,32)19-8-6-17(7-9-19)24-16(3)29/h6-9,18H,4-5,10-14H2,1-3H3,(H,24,29)(H,25,30). The van der Waals surface area contributed by atoms with Crippen LogP contribution in [-0.2, 0) is 21.4 Å². The highest BCUT2D eigenvalue weighted by atomic mass is 35.5. The van der Waals surface area contributed by atoms with E-state index in [0.717, 1.165) is 12.8 Å². The molecule has 1 aromatic carbocycles. The van der Waals surface area contributed by atoms with Crippen molar-refractivity contribution in [2.24, 2.45) is 0 Å².